The highest BCUT2D eigenvalue weighted by atomic mass is 16.4. The molecule has 1 unspecified atom stereocenters. The number of aliphatic carboxylic acids is 1. The number of unbranched alkanes of at least 4 members (excludes halogenated alkanes) is 1. The van der Waals surface area contributed by atoms with Crippen LogP contribution in [-0.4, -0.2) is 33.5 Å². The van der Waals surface area contributed by atoms with Crippen LogP contribution in [-0.2, 0) is 4.79 Å². The lowest BCUT2D eigenvalue weighted by atomic mass is 9.89. The first kappa shape index (κ1) is 21.5. The molecule has 0 radical (unpaired) electrons. The summed E-state index contributed by atoms with van der Waals surface area (Å²) in [7, 11) is 0. The van der Waals surface area contributed by atoms with E-state index in [0.29, 0.717) is 12.8 Å². The second-order valence-corrected chi connectivity index (χ2v) is 6.95. The molecule has 0 amide bonds. The topological polar surface area (TPSA) is 77.8 Å². The molecule has 0 heterocycles. The van der Waals surface area contributed by atoms with Crippen molar-refractivity contribution in [2.45, 2.75) is 71.0 Å². The minimum atomic E-state index is -0.762. The van der Waals surface area contributed by atoms with Gasteiger partial charge in [0.05, 0.1) is 12.2 Å². The third-order valence-corrected chi connectivity index (χ3v) is 4.92. The minimum Gasteiger partial charge on any atom is -0.481 e. The molecule has 4 nitrogen and oxygen atoms in total. The van der Waals surface area contributed by atoms with Crippen LogP contribution >= 0.6 is 0 Å². The molecule has 1 fully saturated rings. The first-order valence-corrected chi connectivity index (χ1v) is 9.26. The molecule has 0 aliphatic heterocycles. The van der Waals surface area contributed by atoms with E-state index in [9.17, 15) is 15.0 Å². The maximum atomic E-state index is 10.5. The molecule has 1 aliphatic carbocycles. The Labute approximate surface area is 151 Å². The zero-order chi connectivity index (χ0) is 18.7. The van der Waals surface area contributed by atoms with Crippen molar-refractivity contribution in [2.75, 3.05) is 0 Å². The second kappa shape index (κ2) is 11.9. The number of hydrogen-bond acceptors (Lipinski definition) is 3. The van der Waals surface area contributed by atoms with Crippen LogP contribution in [0.2, 0.25) is 0 Å². The van der Waals surface area contributed by atoms with Crippen molar-refractivity contribution in [3.8, 4) is 11.8 Å². The smallest absolute Gasteiger partial charge is 0.303 e. The number of carboxylic acids is 1. The van der Waals surface area contributed by atoms with E-state index in [1.54, 1.807) is 6.92 Å². The molecule has 4 heteroatoms. The molecular formula is C21H32O4. The highest BCUT2D eigenvalue weighted by Crippen LogP contribution is 2.36. The van der Waals surface area contributed by atoms with Crippen LogP contribution in [0.4, 0.5) is 0 Å². The van der Waals surface area contributed by atoms with Crippen LogP contribution in [0.15, 0.2) is 24.3 Å². The largest absolute Gasteiger partial charge is 0.481 e. The van der Waals surface area contributed by atoms with Gasteiger partial charge in [0.15, 0.2) is 0 Å². The summed E-state index contributed by atoms with van der Waals surface area (Å²) in [6.07, 6.45) is 11.9. The van der Waals surface area contributed by atoms with Crippen molar-refractivity contribution >= 4 is 5.97 Å². The Morgan fingerprint density at radius 2 is 2.08 bits per heavy atom. The zero-order valence-corrected chi connectivity index (χ0v) is 15.4. The highest BCUT2D eigenvalue weighted by molar-refractivity contribution is 5.66. The van der Waals surface area contributed by atoms with E-state index >= 15 is 0 Å². The number of hydrogen-bond donors (Lipinski definition) is 3. The van der Waals surface area contributed by atoms with Crippen molar-refractivity contribution in [3.63, 3.8) is 0 Å². The summed E-state index contributed by atoms with van der Waals surface area (Å²) >= 11 is 0. The first-order valence-electron chi connectivity index (χ1n) is 9.26. The van der Waals surface area contributed by atoms with Gasteiger partial charge in [-0.15, -0.1) is 11.8 Å². The molecule has 3 N–H and O–H groups in total. The SMILES string of the molecule is CC#CCC(C)[C@H](O)C=C[C@H]1CC[C@H](O)[C@@H]1CC=CCCCC(=O)O. The summed E-state index contributed by atoms with van der Waals surface area (Å²) in [5.41, 5.74) is 0. The number of rotatable bonds is 10. The van der Waals surface area contributed by atoms with Crippen LogP contribution < -0.4 is 0 Å². The normalized spacial score (nSPS) is 25.8. The number of aliphatic hydroxyl groups is 2. The van der Waals surface area contributed by atoms with E-state index in [1.807, 2.05) is 19.1 Å². The molecule has 1 aliphatic rings. The molecule has 0 bridgehead atoms. The fraction of sp³-hybridized carbons (Fsp3) is 0.667. The summed E-state index contributed by atoms with van der Waals surface area (Å²) < 4.78 is 0. The molecule has 1 rings (SSSR count). The number of carbonyl (C=O) groups is 1. The van der Waals surface area contributed by atoms with Gasteiger partial charge in [0.25, 0.3) is 0 Å². The molecular weight excluding hydrogens is 316 g/mol. The summed E-state index contributed by atoms with van der Waals surface area (Å²) in [4.78, 5) is 10.5. The minimum absolute atomic E-state index is 0.0996. The van der Waals surface area contributed by atoms with Gasteiger partial charge >= 0.3 is 5.97 Å². The molecule has 0 spiro atoms. The Bertz CT molecular complexity index is 512. The van der Waals surface area contributed by atoms with Crippen LogP contribution in [0.3, 0.4) is 0 Å². The molecule has 0 aromatic heterocycles. The van der Waals surface area contributed by atoms with E-state index < -0.39 is 12.1 Å². The number of aliphatic hydroxyl groups excluding tert-OH is 2. The average Bonchev–Trinajstić information content (AvgIpc) is 2.93. The van der Waals surface area contributed by atoms with Crippen LogP contribution in [0, 0.1) is 29.6 Å². The van der Waals surface area contributed by atoms with E-state index in [1.165, 1.54) is 0 Å². The predicted octanol–water partition coefficient (Wildman–Crippen LogP) is 3.54. The second-order valence-electron chi connectivity index (χ2n) is 6.95. The predicted molar refractivity (Wildman–Crippen MR) is 99.8 cm³/mol. The molecule has 140 valence electrons. The first-order chi connectivity index (χ1) is 12.0. The number of carboxylic acid groups (broad SMARTS) is 1. The van der Waals surface area contributed by atoms with Gasteiger partial charge in [-0.2, -0.15) is 0 Å². The van der Waals surface area contributed by atoms with Crippen molar-refractivity contribution in [3.05, 3.63) is 24.3 Å². The molecule has 5 atom stereocenters. The Balaban J connectivity index is 2.46. The quantitative estimate of drug-likeness (QED) is 0.320. The lowest BCUT2D eigenvalue weighted by molar-refractivity contribution is -0.137. The molecule has 0 saturated heterocycles. The van der Waals surface area contributed by atoms with E-state index in [4.69, 9.17) is 5.11 Å². The van der Waals surface area contributed by atoms with Crippen molar-refractivity contribution < 1.29 is 20.1 Å². The van der Waals surface area contributed by atoms with Gasteiger partial charge in [-0.05, 0) is 56.8 Å². The Morgan fingerprint density at radius 1 is 1.32 bits per heavy atom. The van der Waals surface area contributed by atoms with E-state index in [0.717, 1.165) is 25.7 Å². The Morgan fingerprint density at radius 3 is 2.76 bits per heavy atom. The van der Waals surface area contributed by atoms with Gasteiger partial charge in [-0.3, -0.25) is 4.79 Å². The van der Waals surface area contributed by atoms with E-state index in [-0.39, 0.29) is 30.3 Å². The van der Waals surface area contributed by atoms with E-state index in [2.05, 4.69) is 24.0 Å². The van der Waals surface area contributed by atoms with Gasteiger partial charge in [0.2, 0.25) is 0 Å². The standard InChI is InChI=1S/C21H32O4/c1-3-4-9-16(2)19(22)14-12-17-13-15-20(23)18(17)10-7-5-6-8-11-21(24)25/h5,7,12,14,16-20,22-23H,6,8-11,13,15H2,1-2H3,(H,24,25)/t16?,17-,18+,19+,20-/m0/s1. The zero-order valence-electron chi connectivity index (χ0n) is 15.4. The van der Waals surface area contributed by atoms with Gasteiger partial charge in [-0.1, -0.05) is 31.2 Å². The van der Waals surface area contributed by atoms with Crippen LogP contribution in [0.25, 0.3) is 0 Å². The monoisotopic (exact) mass is 348 g/mol. The summed E-state index contributed by atoms with van der Waals surface area (Å²) in [6, 6.07) is 0. The van der Waals surface area contributed by atoms with Gasteiger partial charge in [0, 0.05) is 12.8 Å². The van der Waals surface area contributed by atoms with Crippen molar-refractivity contribution in [1.82, 2.24) is 0 Å². The van der Waals surface area contributed by atoms with Crippen LogP contribution in [0.1, 0.15) is 58.8 Å². The third-order valence-electron chi connectivity index (χ3n) is 4.92. The van der Waals surface area contributed by atoms with Crippen molar-refractivity contribution in [2.24, 2.45) is 17.8 Å². The summed E-state index contributed by atoms with van der Waals surface area (Å²) in [5.74, 6) is 5.63. The fourth-order valence-electron chi connectivity index (χ4n) is 3.22. The maximum Gasteiger partial charge on any atom is 0.303 e. The lowest BCUT2D eigenvalue weighted by Crippen LogP contribution is -2.19. The van der Waals surface area contributed by atoms with Gasteiger partial charge in [-0.25, -0.2) is 0 Å². The Kier molecular flexibility index (Phi) is 10.2. The maximum absolute atomic E-state index is 10.5. The molecule has 1 saturated carbocycles. The fourth-order valence-corrected chi connectivity index (χ4v) is 3.22. The number of allylic oxidation sites excluding steroid dienone is 3. The summed E-state index contributed by atoms with van der Waals surface area (Å²) in [5, 5.41) is 29.0. The molecule has 0 aromatic rings. The lowest BCUT2D eigenvalue weighted by Gasteiger charge is -2.19. The Hall–Kier alpha value is -1.57. The highest BCUT2D eigenvalue weighted by Gasteiger charge is 2.32. The molecule has 0 aromatic carbocycles. The molecule has 25 heavy (non-hydrogen) atoms. The third kappa shape index (κ3) is 8.38. The summed E-state index contributed by atoms with van der Waals surface area (Å²) in [6.45, 7) is 3.79. The van der Waals surface area contributed by atoms with Crippen LogP contribution in [0.5, 0.6) is 0 Å². The van der Waals surface area contributed by atoms with Crippen molar-refractivity contribution in [1.29, 1.82) is 0 Å². The average molecular weight is 348 g/mol. The van der Waals surface area contributed by atoms with Gasteiger partial charge in [0.1, 0.15) is 0 Å². The van der Waals surface area contributed by atoms with Gasteiger partial charge < -0.3 is 15.3 Å².